The highest BCUT2D eigenvalue weighted by Crippen LogP contribution is 2.30. The number of aromatic nitrogens is 1. The van der Waals surface area contributed by atoms with Gasteiger partial charge in [0, 0.05) is 64.2 Å². The summed E-state index contributed by atoms with van der Waals surface area (Å²) in [7, 11) is 2.14. The van der Waals surface area contributed by atoms with Crippen molar-refractivity contribution in [1.29, 1.82) is 0 Å². The molecule has 0 saturated carbocycles. The van der Waals surface area contributed by atoms with E-state index in [2.05, 4.69) is 50.2 Å². The molecule has 3 aliphatic heterocycles. The Hall–Kier alpha value is -2.97. The van der Waals surface area contributed by atoms with Crippen LogP contribution in [-0.2, 0) is 9.59 Å². The lowest BCUT2D eigenvalue weighted by molar-refractivity contribution is -0.133. The van der Waals surface area contributed by atoms with Crippen LogP contribution in [0.15, 0.2) is 42.6 Å². The number of pyridine rings is 1. The molecule has 3 fully saturated rings. The summed E-state index contributed by atoms with van der Waals surface area (Å²) in [6.45, 7) is 9.68. The van der Waals surface area contributed by atoms with Crippen molar-refractivity contribution in [3.05, 3.63) is 53.9 Å². The maximum atomic E-state index is 12.8. The van der Waals surface area contributed by atoms with Crippen LogP contribution in [0.2, 0.25) is 0 Å². The normalized spacial score (nSPS) is 20.3. The Labute approximate surface area is 214 Å². The minimum absolute atomic E-state index is 0.00278. The Morgan fingerprint density at radius 3 is 2.33 bits per heavy atom. The van der Waals surface area contributed by atoms with E-state index in [4.69, 9.17) is 0 Å². The number of nitrogens with one attached hydrogen (secondary N) is 1. The summed E-state index contributed by atoms with van der Waals surface area (Å²) in [5.74, 6) is 0.805. The molecule has 0 radical (unpaired) electrons. The average Bonchev–Trinajstić information content (AvgIpc) is 2.86. The first-order valence-corrected chi connectivity index (χ1v) is 13.2. The smallest absolute Gasteiger partial charge is 0.236 e. The number of nitrogens with zero attached hydrogens (tertiary/aromatic N) is 5. The topological polar surface area (TPSA) is 72.0 Å². The van der Waals surface area contributed by atoms with Crippen LogP contribution in [0.3, 0.4) is 0 Å². The molecule has 0 atom stereocenters. The largest absolute Gasteiger partial charge is 0.368 e. The van der Waals surface area contributed by atoms with Crippen molar-refractivity contribution in [3.63, 3.8) is 0 Å². The number of likely N-dealkylation sites (tertiary alicyclic amines) is 1. The zero-order valence-corrected chi connectivity index (χ0v) is 21.5. The number of piperidine rings is 1. The van der Waals surface area contributed by atoms with Crippen LogP contribution in [0.4, 0.5) is 11.4 Å². The predicted molar refractivity (Wildman–Crippen MR) is 142 cm³/mol. The lowest BCUT2D eigenvalue weighted by atomic mass is 9.89. The molecule has 1 aromatic carbocycles. The van der Waals surface area contributed by atoms with Crippen molar-refractivity contribution in [1.82, 2.24) is 19.7 Å². The number of aryl methyl sites for hydroxylation is 1. The van der Waals surface area contributed by atoms with Gasteiger partial charge in [0.1, 0.15) is 0 Å². The summed E-state index contributed by atoms with van der Waals surface area (Å²) >= 11 is 0. The molecule has 36 heavy (non-hydrogen) atoms. The van der Waals surface area contributed by atoms with Crippen LogP contribution < -0.4 is 10.2 Å². The van der Waals surface area contributed by atoms with Crippen molar-refractivity contribution < 1.29 is 9.59 Å². The number of likely N-dealkylation sites (N-methyl/N-ethyl adjacent to an activating group) is 1. The minimum atomic E-state index is -0.00278. The molecule has 1 N–H and O–H groups in total. The molecule has 5 rings (SSSR count). The van der Waals surface area contributed by atoms with Gasteiger partial charge in [-0.15, -0.1) is 0 Å². The lowest BCUT2D eigenvalue weighted by Crippen LogP contribution is -2.52. The zero-order chi connectivity index (χ0) is 25.1. The van der Waals surface area contributed by atoms with E-state index in [9.17, 15) is 9.59 Å². The van der Waals surface area contributed by atoms with Gasteiger partial charge in [0.25, 0.3) is 0 Å². The molecule has 0 bridgehead atoms. The number of rotatable bonds is 6. The molecule has 8 nitrogen and oxygen atoms in total. The highest BCUT2D eigenvalue weighted by Gasteiger charge is 2.33. The van der Waals surface area contributed by atoms with Crippen LogP contribution in [0.5, 0.6) is 0 Å². The SMILES string of the molecule is Cc1ncccc1N1CC(C(=O)Nc2ccc(C3CCN(C(=O)CN4CCN(C)CC4)CC3)cc2)C1. The molecular formula is C28H38N6O2. The number of hydrogen-bond donors (Lipinski definition) is 1. The third kappa shape index (κ3) is 5.71. The van der Waals surface area contributed by atoms with Crippen molar-refractivity contribution >= 4 is 23.2 Å². The van der Waals surface area contributed by atoms with Gasteiger partial charge in [0.2, 0.25) is 11.8 Å². The average molecular weight is 491 g/mol. The maximum absolute atomic E-state index is 12.8. The van der Waals surface area contributed by atoms with Crippen molar-refractivity contribution in [2.45, 2.75) is 25.7 Å². The Balaban J connectivity index is 1.05. The van der Waals surface area contributed by atoms with Crippen molar-refractivity contribution in [2.24, 2.45) is 5.92 Å². The quantitative estimate of drug-likeness (QED) is 0.671. The number of piperazine rings is 1. The second kappa shape index (κ2) is 11.0. The monoisotopic (exact) mass is 490 g/mol. The molecule has 1 aromatic heterocycles. The van der Waals surface area contributed by atoms with E-state index in [-0.39, 0.29) is 17.7 Å². The van der Waals surface area contributed by atoms with Gasteiger partial charge < -0.3 is 20.0 Å². The summed E-state index contributed by atoms with van der Waals surface area (Å²) < 4.78 is 0. The number of hydrogen-bond acceptors (Lipinski definition) is 6. The van der Waals surface area contributed by atoms with Crippen molar-refractivity contribution in [3.8, 4) is 0 Å². The van der Waals surface area contributed by atoms with E-state index in [1.54, 1.807) is 6.20 Å². The second-order valence-corrected chi connectivity index (χ2v) is 10.6. The van der Waals surface area contributed by atoms with Gasteiger partial charge in [-0.3, -0.25) is 19.5 Å². The molecule has 0 spiro atoms. The molecule has 2 amide bonds. The summed E-state index contributed by atoms with van der Waals surface area (Å²) in [6, 6.07) is 12.3. The van der Waals surface area contributed by atoms with Gasteiger partial charge in [0.15, 0.2) is 0 Å². The van der Waals surface area contributed by atoms with Gasteiger partial charge >= 0.3 is 0 Å². The summed E-state index contributed by atoms with van der Waals surface area (Å²) in [4.78, 5) is 38.7. The van der Waals surface area contributed by atoms with Crippen LogP contribution in [0.25, 0.3) is 0 Å². The number of anilines is 2. The fourth-order valence-electron chi connectivity index (χ4n) is 5.49. The zero-order valence-electron chi connectivity index (χ0n) is 21.5. The molecule has 3 aliphatic rings. The van der Waals surface area contributed by atoms with E-state index in [1.165, 1.54) is 5.56 Å². The Kier molecular flexibility index (Phi) is 7.53. The Bertz CT molecular complexity index is 1050. The van der Waals surface area contributed by atoms with Crippen LogP contribution in [-0.4, -0.2) is 97.4 Å². The van der Waals surface area contributed by atoms with Gasteiger partial charge in [0.05, 0.1) is 23.8 Å². The first-order chi connectivity index (χ1) is 17.5. The van der Waals surface area contributed by atoms with E-state index >= 15 is 0 Å². The fourth-order valence-corrected chi connectivity index (χ4v) is 5.49. The fraction of sp³-hybridized carbons (Fsp3) is 0.536. The van der Waals surface area contributed by atoms with E-state index in [0.29, 0.717) is 12.5 Å². The minimum Gasteiger partial charge on any atom is -0.368 e. The number of amides is 2. The summed E-state index contributed by atoms with van der Waals surface area (Å²) in [5.41, 5.74) is 4.25. The molecule has 0 unspecified atom stereocenters. The molecule has 2 aromatic rings. The predicted octanol–water partition coefficient (Wildman–Crippen LogP) is 2.42. The Morgan fingerprint density at radius 2 is 1.67 bits per heavy atom. The standard InChI is InChI=1S/C28H38N6O2/c1-21-26(4-3-11-29-21)34-18-24(19-34)28(36)30-25-7-5-22(6-8-25)23-9-12-33(13-10-23)27(35)20-32-16-14-31(2)15-17-32/h3-8,11,23-24H,9-10,12-20H2,1-2H3,(H,30,36). The molecule has 8 heteroatoms. The third-order valence-electron chi connectivity index (χ3n) is 8.02. The molecule has 192 valence electrons. The van der Waals surface area contributed by atoms with Gasteiger partial charge in [-0.2, -0.15) is 0 Å². The number of carbonyl (C=O) groups is 2. The van der Waals surface area contributed by atoms with E-state index in [1.807, 2.05) is 30.0 Å². The van der Waals surface area contributed by atoms with Crippen LogP contribution >= 0.6 is 0 Å². The lowest BCUT2D eigenvalue weighted by Gasteiger charge is -2.40. The second-order valence-electron chi connectivity index (χ2n) is 10.6. The molecule has 3 saturated heterocycles. The van der Waals surface area contributed by atoms with Crippen LogP contribution in [0, 0.1) is 12.8 Å². The molecular weight excluding hydrogens is 452 g/mol. The van der Waals surface area contributed by atoms with E-state index < -0.39 is 0 Å². The van der Waals surface area contributed by atoms with Crippen molar-refractivity contribution in [2.75, 3.05) is 76.2 Å². The Morgan fingerprint density at radius 1 is 0.972 bits per heavy atom. The highest BCUT2D eigenvalue weighted by molar-refractivity contribution is 5.94. The summed E-state index contributed by atoms with van der Waals surface area (Å²) in [5, 5.41) is 3.08. The van der Waals surface area contributed by atoms with Gasteiger partial charge in [-0.05, 0) is 62.6 Å². The number of carbonyl (C=O) groups excluding carboxylic acids is 2. The molecule has 4 heterocycles. The molecule has 0 aliphatic carbocycles. The van der Waals surface area contributed by atoms with Gasteiger partial charge in [-0.25, -0.2) is 0 Å². The number of benzene rings is 1. The van der Waals surface area contributed by atoms with E-state index in [0.717, 1.165) is 82.3 Å². The maximum Gasteiger partial charge on any atom is 0.236 e. The third-order valence-corrected chi connectivity index (χ3v) is 8.02. The summed E-state index contributed by atoms with van der Waals surface area (Å²) in [6.07, 6.45) is 3.78. The van der Waals surface area contributed by atoms with Crippen LogP contribution in [0.1, 0.15) is 30.0 Å². The first kappa shape index (κ1) is 24.7. The van der Waals surface area contributed by atoms with Gasteiger partial charge in [-0.1, -0.05) is 12.1 Å². The first-order valence-electron chi connectivity index (χ1n) is 13.2. The highest BCUT2D eigenvalue weighted by atomic mass is 16.2.